The molecule has 0 aliphatic heterocycles. The molecule has 0 saturated heterocycles. The lowest BCUT2D eigenvalue weighted by molar-refractivity contribution is 0.462. The molecular weight excluding hydrogens is 174 g/mol. The second-order valence-electron chi connectivity index (χ2n) is 2.93. The minimum Gasteiger partial charge on any atom is -0.306 e. The van der Waals surface area contributed by atoms with Crippen LogP contribution >= 0.6 is 0 Å². The number of rotatable bonds is 1. The van der Waals surface area contributed by atoms with Gasteiger partial charge in [0.05, 0.1) is 5.69 Å². The van der Waals surface area contributed by atoms with Crippen molar-refractivity contribution in [2.24, 2.45) is 0 Å². The standard InChI is InChI=1S/C9H8F2N2/c1-6-4-13-5-7(3-10)8(11)2-9(13)12-6/h2,4-5H,3H2,1H3. The number of hydrogen-bond acceptors (Lipinski definition) is 1. The number of fused-ring (bicyclic) bond motifs is 1. The highest BCUT2D eigenvalue weighted by molar-refractivity contribution is 5.41. The number of aromatic nitrogens is 2. The van der Waals surface area contributed by atoms with Gasteiger partial charge in [-0.15, -0.1) is 0 Å². The molecule has 0 spiro atoms. The van der Waals surface area contributed by atoms with Crippen molar-refractivity contribution in [2.45, 2.75) is 13.6 Å². The Morgan fingerprint density at radius 3 is 2.92 bits per heavy atom. The number of aryl methyl sites for hydroxylation is 1. The predicted molar refractivity (Wildman–Crippen MR) is 44.7 cm³/mol. The summed E-state index contributed by atoms with van der Waals surface area (Å²) in [4.78, 5) is 4.05. The number of hydrogen-bond donors (Lipinski definition) is 0. The summed E-state index contributed by atoms with van der Waals surface area (Å²) in [5.74, 6) is -0.541. The van der Waals surface area contributed by atoms with E-state index in [-0.39, 0.29) is 5.56 Å². The van der Waals surface area contributed by atoms with Crippen LogP contribution in [0.4, 0.5) is 8.78 Å². The van der Waals surface area contributed by atoms with Crippen molar-refractivity contribution in [3.05, 3.63) is 35.5 Å². The molecular formula is C9H8F2N2. The van der Waals surface area contributed by atoms with Crippen molar-refractivity contribution in [3.8, 4) is 0 Å². The van der Waals surface area contributed by atoms with Gasteiger partial charge in [-0.25, -0.2) is 13.8 Å². The van der Waals surface area contributed by atoms with E-state index < -0.39 is 12.5 Å². The maximum absolute atomic E-state index is 13.0. The molecule has 0 aliphatic carbocycles. The van der Waals surface area contributed by atoms with Crippen molar-refractivity contribution in [3.63, 3.8) is 0 Å². The van der Waals surface area contributed by atoms with E-state index >= 15 is 0 Å². The first-order valence-corrected chi connectivity index (χ1v) is 3.90. The number of halogens is 2. The lowest BCUT2D eigenvalue weighted by atomic mass is 10.3. The van der Waals surface area contributed by atoms with E-state index in [2.05, 4.69) is 4.98 Å². The largest absolute Gasteiger partial charge is 0.306 e. The van der Waals surface area contributed by atoms with Crippen molar-refractivity contribution >= 4 is 5.65 Å². The van der Waals surface area contributed by atoms with Crippen LogP contribution < -0.4 is 0 Å². The van der Waals surface area contributed by atoms with E-state index in [1.165, 1.54) is 12.3 Å². The van der Waals surface area contributed by atoms with Gasteiger partial charge in [0, 0.05) is 24.0 Å². The fourth-order valence-corrected chi connectivity index (χ4v) is 1.28. The summed E-state index contributed by atoms with van der Waals surface area (Å²) >= 11 is 0. The molecule has 4 heteroatoms. The van der Waals surface area contributed by atoms with Gasteiger partial charge in [-0.3, -0.25) is 0 Å². The van der Waals surface area contributed by atoms with Gasteiger partial charge < -0.3 is 4.40 Å². The fraction of sp³-hybridized carbons (Fsp3) is 0.222. The topological polar surface area (TPSA) is 17.3 Å². The molecule has 0 aliphatic rings. The fourth-order valence-electron chi connectivity index (χ4n) is 1.28. The zero-order chi connectivity index (χ0) is 9.42. The van der Waals surface area contributed by atoms with Crippen molar-refractivity contribution < 1.29 is 8.78 Å². The van der Waals surface area contributed by atoms with E-state index in [1.54, 1.807) is 17.5 Å². The Labute approximate surface area is 73.8 Å². The zero-order valence-corrected chi connectivity index (χ0v) is 7.09. The molecule has 0 aromatic carbocycles. The van der Waals surface area contributed by atoms with E-state index in [1.807, 2.05) is 0 Å². The molecule has 0 saturated carbocycles. The molecule has 0 bridgehead atoms. The lowest BCUT2D eigenvalue weighted by Gasteiger charge is -1.98. The molecule has 2 aromatic heterocycles. The van der Waals surface area contributed by atoms with E-state index in [0.29, 0.717) is 5.65 Å². The van der Waals surface area contributed by atoms with Crippen LogP contribution in [0.2, 0.25) is 0 Å². The molecule has 2 rings (SSSR count). The third kappa shape index (κ3) is 1.28. The number of imidazole rings is 1. The molecule has 0 radical (unpaired) electrons. The van der Waals surface area contributed by atoms with Crippen LogP contribution in [0.5, 0.6) is 0 Å². The molecule has 2 heterocycles. The monoisotopic (exact) mass is 182 g/mol. The maximum Gasteiger partial charge on any atom is 0.139 e. The highest BCUT2D eigenvalue weighted by Crippen LogP contribution is 2.12. The van der Waals surface area contributed by atoms with Crippen LogP contribution in [-0.2, 0) is 6.67 Å². The summed E-state index contributed by atoms with van der Waals surface area (Å²) in [5.41, 5.74) is 1.35. The Hall–Kier alpha value is -1.45. The molecule has 0 atom stereocenters. The van der Waals surface area contributed by atoms with Gasteiger partial charge in [-0.2, -0.15) is 0 Å². The third-order valence-corrected chi connectivity index (χ3v) is 1.88. The lowest BCUT2D eigenvalue weighted by Crippen LogP contribution is -1.92. The molecule has 0 amide bonds. The summed E-state index contributed by atoms with van der Waals surface area (Å²) in [6, 6.07) is 1.24. The Kier molecular flexibility index (Phi) is 1.76. The van der Waals surface area contributed by atoms with Crippen LogP contribution in [0, 0.1) is 12.7 Å². The number of alkyl halides is 1. The van der Waals surface area contributed by atoms with Gasteiger partial charge in [0.15, 0.2) is 0 Å². The maximum atomic E-state index is 13.0. The van der Waals surface area contributed by atoms with Gasteiger partial charge in [0.2, 0.25) is 0 Å². The molecule has 2 aromatic rings. The van der Waals surface area contributed by atoms with Crippen molar-refractivity contribution in [2.75, 3.05) is 0 Å². The minimum absolute atomic E-state index is 0.0601. The normalized spacial score (nSPS) is 11.0. The van der Waals surface area contributed by atoms with Gasteiger partial charge in [-0.1, -0.05) is 0 Å². The minimum atomic E-state index is -0.793. The first kappa shape index (κ1) is 8.16. The summed E-state index contributed by atoms with van der Waals surface area (Å²) < 4.78 is 26.9. The number of nitrogens with zero attached hydrogens (tertiary/aromatic N) is 2. The van der Waals surface area contributed by atoms with Crippen LogP contribution in [-0.4, -0.2) is 9.38 Å². The first-order valence-electron chi connectivity index (χ1n) is 3.90. The van der Waals surface area contributed by atoms with E-state index in [0.717, 1.165) is 5.69 Å². The Morgan fingerprint density at radius 2 is 2.23 bits per heavy atom. The average Bonchev–Trinajstić information content (AvgIpc) is 2.42. The molecule has 2 nitrogen and oxygen atoms in total. The van der Waals surface area contributed by atoms with Gasteiger partial charge >= 0.3 is 0 Å². The van der Waals surface area contributed by atoms with Crippen LogP contribution in [0.25, 0.3) is 5.65 Å². The SMILES string of the molecule is Cc1cn2cc(CF)c(F)cc2n1. The summed E-state index contributed by atoms with van der Waals surface area (Å²) in [6.45, 7) is 1.01. The molecule has 0 unspecified atom stereocenters. The Bertz CT molecular complexity index is 448. The Morgan fingerprint density at radius 1 is 1.46 bits per heavy atom. The van der Waals surface area contributed by atoms with E-state index in [9.17, 15) is 8.78 Å². The summed E-state index contributed by atoms with van der Waals surface area (Å²) in [7, 11) is 0. The van der Waals surface area contributed by atoms with Crippen molar-refractivity contribution in [1.29, 1.82) is 0 Å². The van der Waals surface area contributed by atoms with Gasteiger partial charge in [0.1, 0.15) is 18.1 Å². The second kappa shape index (κ2) is 2.80. The number of pyridine rings is 1. The van der Waals surface area contributed by atoms with Crippen LogP contribution in [0.1, 0.15) is 11.3 Å². The highest BCUT2D eigenvalue weighted by Gasteiger charge is 2.05. The zero-order valence-electron chi connectivity index (χ0n) is 7.09. The summed E-state index contributed by atoms with van der Waals surface area (Å²) in [6.07, 6.45) is 3.15. The van der Waals surface area contributed by atoms with Crippen LogP contribution in [0.15, 0.2) is 18.5 Å². The summed E-state index contributed by atoms with van der Waals surface area (Å²) in [5, 5.41) is 0. The van der Waals surface area contributed by atoms with Gasteiger partial charge in [-0.05, 0) is 6.92 Å². The van der Waals surface area contributed by atoms with Crippen molar-refractivity contribution in [1.82, 2.24) is 9.38 Å². The predicted octanol–water partition coefficient (Wildman–Crippen LogP) is 2.25. The molecule has 0 N–H and O–H groups in total. The third-order valence-electron chi connectivity index (χ3n) is 1.88. The first-order chi connectivity index (χ1) is 6.20. The van der Waals surface area contributed by atoms with E-state index in [4.69, 9.17) is 0 Å². The molecule has 68 valence electrons. The quantitative estimate of drug-likeness (QED) is 0.661. The smallest absolute Gasteiger partial charge is 0.139 e. The second-order valence-corrected chi connectivity index (χ2v) is 2.93. The average molecular weight is 182 g/mol. The Balaban J connectivity index is 2.72. The highest BCUT2D eigenvalue weighted by atomic mass is 19.1. The van der Waals surface area contributed by atoms with Gasteiger partial charge in [0.25, 0.3) is 0 Å². The van der Waals surface area contributed by atoms with Crippen LogP contribution in [0.3, 0.4) is 0 Å². The molecule has 0 fully saturated rings. The molecule has 13 heavy (non-hydrogen) atoms.